The van der Waals surface area contributed by atoms with Gasteiger partial charge in [0.2, 0.25) is 0 Å². The van der Waals surface area contributed by atoms with Crippen molar-refractivity contribution in [2.75, 3.05) is 20.3 Å². The van der Waals surface area contributed by atoms with Crippen molar-refractivity contribution in [3.63, 3.8) is 0 Å². The van der Waals surface area contributed by atoms with Gasteiger partial charge >= 0.3 is 5.97 Å². The summed E-state index contributed by atoms with van der Waals surface area (Å²) in [6, 6.07) is 16.7. The number of ether oxygens (including phenoxy) is 3. The Balaban J connectivity index is 1.54. The van der Waals surface area contributed by atoms with Crippen LogP contribution in [0.1, 0.15) is 29.2 Å². The van der Waals surface area contributed by atoms with Gasteiger partial charge in [-0.2, -0.15) is 5.26 Å². The van der Waals surface area contributed by atoms with E-state index in [4.69, 9.17) is 23.9 Å². The minimum absolute atomic E-state index is 0.0751. The molecule has 148 valence electrons. The van der Waals surface area contributed by atoms with Crippen LogP contribution in [0.2, 0.25) is 0 Å². The number of nitrogens with zero attached hydrogens (tertiary/aromatic N) is 1. The van der Waals surface area contributed by atoms with E-state index in [1.165, 1.54) is 7.11 Å². The van der Waals surface area contributed by atoms with Crippen LogP contribution in [0.5, 0.6) is 5.75 Å². The summed E-state index contributed by atoms with van der Waals surface area (Å²) in [5, 5.41) is 9.89. The van der Waals surface area contributed by atoms with E-state index in [-0.39, 0.29) is 12.1 Å². The van der Waals surface area contributed by atoms with Crippen molar-refractivity contribution in [2.24, 2.45) is 0 Å². The first-order valence-corrected chi connectivity index (χ1v) is 9.51. The van der Waals surface area contributed by atoms with Crippen LogP contribution in [-0.2, 0) is 20.7 Å². The highest BCUT2D eigenvalue weighted by molar-refractivity contribution is 5.81. The number of carbonyl (C=O) groups excluding carboxylic acids is 1. The first kappa shape index (κ1) is 19.0. The SMILES string of the molecule is COC(=O)C(Cc1cc2cc(C#N)ccc2o1)c1ccc(OC2CCOC2)cc1. The maximum absolute atomic E-state index is 12.4. The van der Waals surface area contributed by atoms with E-state index in [1.807, 2.05) is 30.3 Å². The Hall–Kier alpha value is -3.30. The number of nitriles is 1. The first-order valence-electron chi connectivity index (χ1n) is 9.51. The van der Waals surface area contributed by atoms with E-state index in [9.17, 15) is 4.79 Å². The predicted octanol–water partition coefficient (Wildman–Crippen LogP) is 3.97. The molecule has 0 saturated carbocycles. The summed E-state index contributed by atoms with van der Waals surface area (Å²) < 4.78 is 22.1. The molecule has 6 nitrogen and oxygen atoms in total. The van der Waals surface area contributed by atoms with Crippen molar-refractivity contribution >= 4 is 16.9 Å². The Morgan fingerprint density at radius 3 is 2.76 bits per heavy atom. The molecule has 0 aliphatic carbocycles. The number of benzene rings is 2. The molecule has 0 bridgehead atoms. The highest BCUT2D eigenvalue weighted by atomic mass is 16.5. The standard InChI is InChI=1S/C23H21NO5/c1-26-23(25)21(12-20-11-17-10-15(13-24)2-7-22(17)29-20)16-3-5-18(6-4-16)28-19-8-9-27-14-19/h2-7,10-11,19,21H,8-9,12,14H2,1H3. The number of methoxy groups -OCH3 is 1. The lowest BCUT2D eigenvalue weighted by Crippen LogP contribution is -2.17. The number of esters is 1. The first-order chi connectivity index (χ1) is 14.2. The predicted molar refractivity (Wildman–Crippen MR) is 106 cm³/mol. The van der Waals surface area contributed by atoms with Gasteiger partial charge in [-0.3, -0.25) is 4.79 Å². The molecule has 29 heavy (non-hydrogen) atoms. The summed E-state index contributed by atoms with van der Waals surface area (Å²) in [7, 11) is 1.38. The van der Waals surface area contributed by atoms with Crippen LogP contribution in [0.25, 0.3) is 11.0 Å². The van der Waals surface area contributed by atoms with Crippen LogP contribution < -0.4 is 4.74 Å². The third-order valence-electron chi connectivity index (χ3n) is 5.06. The van der Waals surface area contributed by atoms with E-state index in [0.717, 1.165) is 29.7 Å². The minimum Gasteiger partial charge on any atom is -0.488 e. The van der Waals surface area contributed by atoms with Crippen molar-refractivity contribution in [3.8, 4) is 11.8 Å². The number of hydrogen-bond donors (Lipinski definition) is 0. The molecule has 4 rings (SSSR count). The molecule has 2 heterocycles. The molecule has 1 aromatic heterocycles. The Morgan fingerprint density at radius 2 is 2.07 bits per heavy atom. The maximum Gasteiger partial charge on any atom is 0.313 e. The number of rotatable bonds is 6. The van der Waals surface area contributed by atoms with Gasteiger partial charge in [-0.1, -0.05) is 12.1 Å². The van der Waals surface area contributed by atoms with Gasteiger partial charge in [0.15, 0.2) is 0 Å². The molecule has 6 heteroatoms. The van der Waals surface area contributed by atoms with Crippen molar-refractivity contribution < 1.29 is 23.4 Å². The van der Waals surface area contributed by atoms with E-state index in [2.05, 4.69) is 6.07 Å². The minimum atomic E-state index is -0.500. The molecule has 0 amide bonds. The fourth-order valence-electron chi connectivity index (χ4n) is 3.53. The molecule has 1 saturated heterocycles. The largest absolute Gasteiger partial charge is 0.488 e. The third-order valence-corrected chi connectivity index (χ3v) is 5.06. The van der Waals surface area contributed by atoms with Crippen molar-refractivity contribution in [2.45, 2.75) is 24.9 Å². The third kappa shape index (κ3) is 4.25. The lowest BCUT2D eigenvalue weighted by atomic mass is 9.94. The molecular formula is C23H21NO5. The number of carbonyl (C=O) groups is 1. The average Bonchev–Trinajstić information content (AvgIpc) is 3.40. The Kier molecular flexibility index (Phi) is 5.50. The number of fused-ring (bicyclic) bond motifs is 1. The molecule has 1 aliphatic rings. The highest BCUT2D eigenvalue weighted by Gasteiger charge is 2.24. The van der Waals surface area contributed by atoms with Crippen LogP contribution in [0, 0.1) is 11.3 Å². The molecule has 1 aliphatic heterocycles. The molecule has 0 spiro atoms. The Bertz CT molecular complexity index is 1040. The van der Waals surface area contributed by atoms with Crippen LogP contribution in [0.3, 0.4) is 0 Å². The van der Waals surface area contributed by atoms with Crippen molar-refractivity contribution in [3.05, 3.63) is 65.4 Å². The van der Waals surface area contributed by atoms with Gasteiger partial charge in [0.05, 0.1) is 37.9 Å². The molecule has 2 unspecified atom stereocenters. The van der Waals surface area contributed by atoms with Gasteiger partial charge in [0, 0.05) is 18.2 Å². The zero-order chi connectivity index (χ0) is 20.2. The summed E-state index contributed by atoms with van der Waals surface area (Å²) in [5.41, 5.74) is 2.08. The molecule has 3 aromatic rings. The van der Waals surface area contributed by atoms with E-state index >= 15 is 0 Å². The second-order valence-electron chi connectivity index (χ2n) is 7.03. The van der Waals surface area contributed by atoms with Gasteiger partial charge in [-0.05, 0) is 42.0 Å². The maximum atomic E-state index is 12.4. The van der Waals surface area contributed by atoms with Gasteiger partial charge < -0.3 is 18.6 Å². The Morgan fingerprint density at radius 1 is 1.24 bits per heavy atom. The van der Waals surface area contributed by atoms with Crippen molar-refractivity contribution in [1.29, 1.82) is 5.26 Å². The van der Waals surface area contributed by atoms with E-state index in [0.29, 0.717) is 29.9 Å². The van der Waals surface area contributed by atoms with Crippen molar-refractivity contribution in [1.82, 2.24) is 0 Å². The smallest absolute Gasteiger partial charge is 0.313 e. The van der Waals surface area contributed by atoms with Crippen LogP contribution in [0.15, 0.2) is 52.9 Å². The second-order valence-corrected chi connectivity index (χ2v) is 7.03. The molecule has 0 radical (unpaired) electrons. The van der Waals surface area contributed by atoms with E-state index in [1.54, 1.807) is 18.2 Å². The topological polar surface area (TPSA) is 81.7 Å². The zero-order valence-electron chi connectivity index (χ0n) is 16.1. The molecule has 0 N–H and O–H groups in total. The van der Waals surface area contributed by atoms with Gasteiger partial charge in [-0.15, -0.1) is 0 Å². The second kappa shape index (κ2) is 8.38. The van der Waals surface area contributed by atoms with Crippen LogP contribution >= 0.6 is 0 Å². The summed E-state index contributed by atoms with van der Waals surface area (Å²) in [4.78, 5) is 12.4. The average molecular weight is 391 g/mol. The monoisotopic (exact) mass is 391 g/mol. The number of hydrogen-bond acceptors (Lipinski definition) is 6. The van der Waals surface area contributed by atoms with Crippen LogP contribution in [-0.4, -0.2) is 32.4 Å². The van der Waals surface area contributed by atoms with E-state index < -0.39 is 5.92 Å². The van der Waals surface area contributed by atoms with Crippen LogP contribution in [0.4, 0.5) is 0 Å². The zero-order valence-corrected chi connectivity index (χ0v) is 16.1. The highest BCUT2D eigenvalue weighted by Crippen LogP contribution is 2.29. The lowest BCUT2D eigenvalue weighted by Gasteiger charge is -2.16. The summed E-state index contributed by atoms with van der Waals surface area (Å²) in [6.07, 6.45) is 1.32. The molecular weight excluding hydrogens is 370 g/mol. The molecule has 1 fully saturated rings. The van der Waals surface area contributed by atoms with Gasteiger partial charge in [0.25, 0.3) is 0 Å². The fourth-order valence-corrected chi connectivity index (χ4v) is 3.53. The molecule has 2 aromatic carbocycles. The normalized spacial score (nSPS) is 17.0. The van der Waals surface area contributed by atoms with Gasteiger partial charge in [0.1, 0.15) is 23.2 Å². The quantitative estimate of drug-likeness (QED) is 0.592. The number of furan rings is 1. The summed E-state index contributed by atoms with van der Waals surface area (Å²) in [5.74, 6) is 0.579. The summed E-state index contributed by atoms with van der Waals surface area (Å²) in [6.45, 7) is 1.33. The lowest BCUT2D eigenvalue weighted by molar-refractivity contribution is -0.142. The fraction of sp³-hybridized carbons (Fsp3) is 0.304. The van der Waals surface area contributed by atoms with Gasteiger partial charge in [-0.25, -0.2) is 0 Å². The molecule has 2 atom stereocenters. The Labute approximate surface area is 168 Å². The summed E-state index contributed by atoms with van der Waals surface area (Å²) >= 11 is 0.